The molecule has 0 unspecified atom stereocenters. The Morgan fingerprint density at radius 1 is 1.50 bits per heavy atom. The molecule has 0 radical (unpaired) electrons. The van der Waals surface area contributed by atoms with E-state index >= 15 is 0 Å². The van der Waals surface area contributed by atoms with Crippen LogP contribution >= 0.6 is 0 Å². The maximum Gasteiger partial charge on any atom is 0.233 e. The molecule has 4 heteroatoms. The third-order valence-electron chi connectivity index (χ3n) is 1.34. The molecule has 0 fully saturated rings. The van der Waals surface area contributed by atoms with E-state index in [9.17, 15) is 8.42 Å². The minimum absolute atomic E-state index is 0.397. The Morgan fingerprint density at radius 2 is 2.30 bits per heavy atom. The fraction of sp³-hybridized carbons (Fsp3) is 0.500. The molecule has 0 bridgehead atoms. The third kappa shape index (κ3) is 1.88. The summed E-state index contributed by atoms with van der Waals surface area (Å²) in [5.74, 6) is 0. The van der Waals surface area contributed by atoms with Crippen molar-refractivity contribution in [2.45, 2.75) is 19.3 Å². The Bertz CT molecular complexity index is 255. The zero-order valence-electron chi connectivity index (χ0n) is 5.50. The first-order valence-electron chi connectivity index (χ1n) is 3.17. The van der Waals surface area contributed by atoms with Crippen LogP contribution in [0.2, 0.25) is 0 Å². The van der Waals surface area contributed by atoms with Gasteiger partial charge in [0.25, 0.3) is 0 Å². The van der Waals surface area contributed by atoms with Crippen molar-refractivity contribution in [1.29, 1.82) is 0 Å². The van der Waals surface area contributed by atoms with Crippen LogP contribution in [-0.4, -0.2) is 13.4 Å². The molecule has 3 nitrogen and oxygen atoms in total. The molecule has 1 heterocycles. The van der Waals surface area contributed by atoms with Crippen LogP contribution in [0.4, 0.5) is 0 Å². The molecule has 0 aromatic carbocycles. The average Bonchev–Trinajstić information content (AvgIpc) is 2.12. The first-order chi connectivity index (χ1) is 4.80. The van der Waals surface area contributed by atoms with E-state index in [4.69, 9.17) is 0 Å². The van der Waals surface area contributed by atoms with Gasteiger partial charge in [0.05, 0.1) is 0 Å². The summed E-state index contributed by atoms with van der Waals surface area (Å²) in [6.45, 7) is 0. The predicted molar refractivity (Wildman–Crippen MR) is 40.1 cm³/mol. The van der Waals surface area contributed by atoms with Gasteiger partial charge in [0.15, 0.2) is 0 Å². The summed E-state index contributed by atoms with van der Waals surface area (Å²) in [6, 6.07) is 0. The van der Waals surface area contributed by atoms with Gasteiger partial charge in [-0.1, -0.05) is 6.08 Å². The molecule has 0 aromatic rings. The Morgan fingerprint density at radius 3 is 3.00 bits per heavy atom. The Balaban J connectivity index is 2.81. The van der Waals surface area contributed by atoms with Crippen molar-refractivity contribution in [1.82, 2.24) is 5.32 Å². The van der Waals surface area contributed by atoms with Crippen LogP contribution in [0.3, 0.4) is 0 Å². The fourth-order valence-electron chi connectivity index (χ4n) is 0.819. The second kappa shape index (κ2) is 3.41. The summed E-state index contributed by atoms with van der Waals surface area (Å²) in [7, 11) is -2.06. The second-order valence-electron chi connectivity index (χ2n) is 2.10. The molecule has 1 aliphatic heterocycles. The van der Waals surface area contributed by atoms with Gasteiger partial charge in [0.2, 0.25) is 10.3 Å². The molecule has 0 aliphatic carbocycles. The molecular weight excluding hydrogens is 150 g/mol. The zero-order chi connectivity index (χ0) is 7.40. The van der Waals surface area contributed by atoms with Crippen molar-refractivity contribution in [3.8, 4) is 0 Å². The van der Waals surface area contributed by atoms with Gasteiger partial charge in [-0.3, -0.25) is 0 Å². The quantitative estimate of drug-likeness (QED) is 0.516. The molecule has 1 rings (SSSR count). The van der Waals surface area contributed by atoms with Crippen molar-refractivity contribution >= 4 is 15.3 Å². The fourth-order valence-corrected chi connectivity index (χ4v) is 1.29. The summed E-state index contributed by atoms with van der Waals surface area (Å²) in [6.07, 6.45) is 6.10. The Hall–Kier alpha value is -0.770. The first-order valence-corrected chi connectivity index (χ1v) is 4.25. The average molecular weight is 159 g/mol. The molecule has 0 saturated heterocycles. The van der Waals surface area contributed by atoms with E-state index < -0.39 is 10.3 Å². The van der Waals surface area contributed by atoms with Gasteiger partial charge in [0.1, 0.15) is 4.99 Å². The topological polar surface area (TPSA) is 46.2 Å². The van der Waals surface area contributed by atoms with Crippen LogP contribution in [-0.2, 0) is 10.3 Å². The van der Waals surface area contributed by atoms with Gasteiger partial charge in [-0.2, -0.15) is 8.42 Å². The summed E-state index contributed by atoms with van der Waals surface area (Å²) in [4.78, 5) is 0.397. The van der Waals surface area contributed by atoms with E-state index in [2.05, 4.69) is 5.32 Å². The number of allylic oxidation sites excluding steroid dienone is 1. The minimum Gasteiger partial charge on any atom is -0.353 e. The normalized spacial score (nSPS) is 17.8. The SMILES string of the molecule is O=S(=O)=C1CCCC=CN1. The van der Waals surface area contributed by atoms with Gasteiger partial charge in [-0.15, -0.1) is 0 Å². The highest BCUT2D eigenvalue weighted by molar-refractivity contribution is 7.72. The highest BCUT2D eigenvalue weighted by Crippen LogP contribution is 2.00. The lowest BCUT2D eigenvalue weighted by molar-refractivity contribution is 0.626. The molecule has 1 aliphatic rings. The summed E-state index contributed by atoms with van der Waals surface area (Å²) in [5, 5.41) is 2.70. The maximum absolute atomic E-state index is 10.4. The molecule has 0 spiro atoms. The largest absolute Gasteiger partial charge is 0.353 e. The number of hydrogen-bond donors (Lipinski definition) is 1. The summed E-state index contributed by atoms with van der Waals surface area (Å²) < 4.78 is 20.7. The lowest BCUT2D eigenvalue weighted by Gasteiger charge is -1.94. The summed E-state index contributed by atoms with van der Waals surface area (Å²) >= 11 is 0. The van der Waals surface area contributed by atoms with Crippen molar-refractivity contribution < 1.29 is 8.42 Å². The first kappa shape index (κ1) is 7.34. The second-order valence-corrected chi connectivity index (χ2v) is 3.06. The molecular formula is C6H9NO2S. The minimum atomic E-state index is -2.06. The van der Waals surface area contributed by atoms with Crippen LogP contribution in [0.1, 0.15) is 19.3 Å². The molecule has 0 atom stereocenters. The van der Waals surface area contributed by atoms with Gasteiger partial charge in [0, 0.05) is 6.42 Å². The van der Waals surface area contributed by atoms with E-state index in [0.717, 1.165) is 12.8 Å². The van der Waals surface area contributed by atoms with Crippen molar-refractivity contribution in [2.24, 2.45) is 0 Å². The lowest BCUT2D eigenvalue weighted by Crippen LogP contribution is -2.16. The van der Waals surface area contributed by atoms with Crippen LogP contribution in [0.5, 0.6) is 0 Å². The zero-order valence-corrected chi connectivity index (χ0v) is 6.32. The van der Waals surface area contributed by atoms with Gasteiger partial charge >= 0.3 is 0 Å². The highest BCUT2D eigenvalue weighted by Gasteiger charge is 2.00. The van der Waals surface area contributed by atoms with Crippen molar-refractivity contribution in [2.75, 3.05) is 0 Å². The third-order valence-corrected chi connectivity index (χ3v) is 2.06. The predicted octanol–water partition coefficient (Wildman–Crippen LogP) is 0.283. The van der Waals surface area contributed by atoms with E-state index in [1.54, 1.807) is 6.20 Å². The van der Waals surface area contributed by atoms with Crippen molar-refractivity contribution in [3.05, 3.63) is 12.3 Å². The maximum atomic E-state index is 10.4. The van der Waals surface area contributed by atoms with E-state index in [0.29, 0.717) is 11.4 Å². The standard InChI is InChI=1S/C6H9NO2S/c8-10(9)6-4-2-1-3-5-7-6/h3,5,7H,1-2,4H2. The van der Waals surface area contributed by atoms with Crippen LogP contribution in [0.25, 0.3) is 0 Å². The molecule has 1 N–H and O–H groups in total. The van der Waals surface area contributed by atoms with E-state index in [-0.39, 0.29) is 0 Å². The Labute approximate surface area is 61.3 Å². The molecule has 0 amide bonds. The summed E-state index contributed by atoms with van der Waals surface area (Å²) in [5.41, 5.74) is 0. The van der Waals surface area contributed by atoms with Crippen molar-refractivity contribution in [3.63, 3.8) is 0 Å². The smallest absolute Gasteiger partial charge is 0.233 e. The van der Waals surface area contributed by atoms with E-state index in [1.165, 1.54) is 0 Å². The highest BCUT2D eigenvalue weighted by atomic mass is 32.2. The van der Waals surface area contributed by atoms with Gasteiger partial charge in [-0.05, 0) is 19.0 Å². The molecule has 56 valence electrons. The van der Waals surface area contributed by atoms with Crippen LogP contribution in [0, 0.1) is 0 Å². The van der Waals surface area contributed by atoms with Crippen LogP contribution in [0.15, 0.2) is 12.3 Å². The lowest BCUT2D eigenvalue weighted by atomic mass is 10.2. The number of nitrogens with one attached hydrogen (secondary N) is 1. The number of rotatable bonds is 0. The van der Waals surface area contributed by atoms with Gasteiger partial charge in [-0.25, -0.2) is 0 Å². The Kier molecular flexibility index (Phi) is 2.50. The number of hydrogen-bond acceptors (Lipinski definition) is 2. The molecule has 0 saturated carbocycles. The van der Waals surface area contributed by atoms with Gasteiger partial charge < -0.3 is 5.32 Å². The molecule has 10 heavy (non-hydrogen) atoms. The monoisotopic (exact) mass is 159 g/mol. The molecule has 0 aromatic heterocycles. The van der Waals surface area contributed by atoms with Crippen LogP contribution < -0.4 is 5.32 Å². The van der Waals surface area contributed by atoms with E-state index in [1.807, 2.05) is 6.08 Å².